The molecule has 1 amide bonds. The second kappa shape index (κ2) is 13.3. The molecular weight excluding hydrogens is 454 g/mol. The van der Waals surface area contributed by atoms with Gasteiger partial charge in [-0.2, -0.15) is 0 Å². The zero-order valence-corrected chi connectivity index (χ0v) is 20.5. The number of amides is 1. The fourth-order valence-electron chi connectivity index (χ4n) is 3.16. The summed E-state index contributed by atoms with van der Waals surface area (Å²) in [5, 5.41) is 16.7. The molecule has 0 bridgehead atoms. The van der Waals surface area contributed by atoms with Crippen molar-refractivity contribution in [2.45, 2.75) is 46.1 Å². The minimum atomic E-state index is -0.691. The zero-order valence-electron chi connectivity index (χ0n) is 20.5. The third kappa shape index (κ3) is 10.4. The van der Waals surface area contributed by atoms with Crippen molar-refractivity contribution in [2.75, 3.05) is 25.0 Å². The Morgan fingerprint density at radius 1 is 1.23 bits per heavy atom. The number of carbonyl (C=O) groups is 2. The molecule has 0 radical (unpaired) electrons. The quantitative estimate of drug-likeness (QED) is 0.322. The number of carbonyl (C=O) groups excluding carboxylic acids is 2. The van der Waals surface area contributed by atoms with Crippen LogP contribution >= 0.6 is 0 Å². The number of aryl methyl sites for hydroxylation is 1. The molecule has 0 aliphatic carbocycles. The van der Waals surface area contributed by atoms with E-state index in [1.54, 1.807) is 0 Å². The molecule has 2 N–H and O–H groups in total. The first-order chi connectivity index (χ1) is 16.6. The summed E-state index contributed by atoms with van der Waals surface area (Å²) in [6.07, 6.45) is 1.56. The van der Waals surface area contributed by atoms with Gasteiger partial charge in [-0.25, -0.2) is 4.79 Å². The minimum absolute atomic E-state index is 0.0701. The van der Waals surface area contributed by atoms with Gasteiger partial charge in [0.2, 0.25) is 0 Å². The van der Waals surface area contributed by atoms with Gasteiger partial charge in [0.1, 0.15) is 17.1 Å². The van der Waals surface area contributed by atoms with Gasteiger partial charge in [0.05, 0.1) is 17.2 Å². The summed E-state index contributed by atoms with van der Waals surface area (Å²) in [6, 6.07) is 10.9. The van der Waals surface area contributed by atoms with E-state index < -0.39 is 11.0 Å². The Hall–Kier alpha value is -3.66. The standard InChI is InChI=1S/C20H23N3O5.C5H10O2/c1-14-4-9-19(27-13-15-3-2-10-21-12-15)18(11-14)22-20(24)28-17-7-5-16(6-8-17)23(25)26;1-5(2,3)7-4-6/h4-9,11,15,21H,2-3,10,12-13H2,1H3,(H,22,24);4H,1-3H3. The number of nitro benzene ring substituents is 1. The van der Waals surface area contributed by atoms with Crippen LogP contribution in [0, 0.1) is 23.0 Å². The van der Waals surface area contributed by atoms with Crippen molar-refractivity contribution in [3.8, 4) is 11.5 Å². The number of nitrogens with one attached hydrogen (secondary N) is 2. The summed E-state index contributed by atoms with van der Waals surface area (Å²) >= 11 is 0. The maximum Gasteiger partial charge on any atom is 0.417 e. The first-order valence-electron chi connectivity index (χ1n) is 11.4. The Morgan fingerprint density at radius 2 is 1.94 bits per heavy atom. The zero-order chi connectivity index (χ0) is 25.8. The summed E-state index contributed by atoms with van der Waals surface area (Å²) < 4.78 is 15.7. The number of hydrogen-bond donors (Lipinski definition) is 2. The molecular formula is C25H33N3O7. The molecule has 190 valence electrons. The second-order valence-electron chi connectivity index (χ2n) is 9.11. The molecule has 1 aliphatic rings. The molecule has 1 aliphatic heterocycles. The molecule has 1 fully saturated rings. The molecule has 10 heteroatoms. The fraction of sp³-hybridized carbons (Fsp3) is 0.440. The Bertz CT molecular complexity index is 982. The number of nitro groups is 1. The SMILES string of the molecule is CC(C)(C)OC=O.Cc1ccc(OCC2CCCNC2)c(NC(=O)Oc2ccc([N+](=O)[O-])cc2)c1. The van der Waals surface area contributed by atoms with Crippen LogP contribution in [0.25, 0.3) is 0 Å². The minimum Gasteiger partial charge on any atom is -0.491 e. The van der Waals surface area contributed by atoms with E-state index in [1.165, 1.54) is 24.3 Å². The van der Waals surface area contributed by atoms with Crippen molar-refractivity contribution in [1.82, 2.24) is 5.32 Å². The second-order valence-corrected chi connectivity index (χ2v) is 9.11. The lowest BCUT2D eigenvalue weighted by molar-refractivity contribution is -0.384. The summed E-state index contributed by atoms with van der Waals surface area (Å²) in [6.45, 7) is 10.4. The van der Waals surface area contributed by atoms with Crippen molar-refractivity contribution in [3.63, 3.8) is 0 Å². The van der Waals surface area contributed by atoms with E-state index in [1.807, 2.05) is 45.9 Å². The lowest BCUT2D eigenvalue weighted by atomic mass is 10.0. The number of ether oxygens (including phenoxy) is 3. The molecule has 0 saturated carbocycles. The van der Waals surface area contributed by atoms with Crippen LogP contribution in [0.4, 0.5) is 16.2 Å². The van der Waals surface area contributed by atoms with Gasteiger partial charge < -0.3 is 19.5 Å². The highest BCUT2D eigenvalue weighted by Gasteiger charge is 2.16. The van der Waals surface area contributed by atoms with Gasteiger partial charge in [0, 0.05) is 24.6 Å². The molecule has 10 nitrogen and oxygen atoms in total. The average molecular weight is 488 g/mol. The predicted octanol–water partition coefficient (Wildman–Crippen LogP) is 4.85. The number of non-ortho nitro benzene ring substituents is 1. The topological polar surface area (TPSA) is 129 Å². The largest absolute Gasteiger partial charge is 0.491 e. The van der Waals surface area contributed by atoms with Crippen LogP contribution in [0.5, 0.6) is 11.5 Å². The van der Waals surface area contributed by atoms with Crippen molar-refractivity contribution in [3.05, 3.63) is 58.1 Å². The fourth-order valence-corrected chi connectivity index (χ4v) is 3.16. The number of nitrogens with zero attached hydrogens (tertiary/aromatic N) is 1. The maximum absolute atomic E-state index is 12.2. The Kier molecular flexibility index (Phi) is 10.5. The van der Waals surface area contributed by atoms with Gasteiger partial charge in [-0.1, -0.05) is 6.07 Å². The van der Waals surface area contributed by atoms with E-state index in [2.05, 4.69) is 15.4 Å². The molecule has 3 rings (SSSR count). The van der Waals surface area contributed by atoms with Gasteiger partial charge in [-0.05, 0) is 76.9 Å². The van der Waals surface area contributed by atoms with Crippen LogP contribution in [0.3, 0.4) is 0 Å². The van der Waals surface area contributed by atoms with Crippen molar-refractivity contribution in [1.29, 1.82) is 0 Å². The Labute approximate surface area is 205 Å². The summed E-state index contributed by atoms with van der Waals surface area (Å²) in [4.78, 5) is 32.0. The predicted molar refractivity (Wildman–Crippen MR) is 132 cm³/mol. The molecule has 1 unspecified atom stereocenters. The molecule has 2 aromatic rings. The molecule has 0 aromatic heterocycles. The number of rotatable bonds is 7. The van der Waals surface area contributed by atoms with Gasteiger partial charge >= 0.3 is 6.09 Å². The number of anilines is 1. The van der Waals surface area contributed by atoms with Crippen molar-refractivity contribution >= 4 is 23.9 Å². The van der Waals surface area contributed by atoms with E-state index in [0.29, 0.717) is 30.4 Å². The van der Waals surface area contributed by atoms with E-state index in [-0.39, 0.29) is 17.0 Å². The Morgan fingerprint density at radius 3 is 2.49 bits per heavy atom. The smallest absolute Gasteiger partial charge is 0.417 e. The highest BCUT2D eigenvalue weighted by atomic mass is 16.6. The highest BCUT2D eigenvalue weighted by molar-refractivity contribution is 5.88. The van der Waals surface area contributed by atoms with Crippen LogP contribution in [0.2, 0.25) is 0 Å². The van der Waals surface area contributed by atoms with E-state index >= 15 is 0 Å². The van der Waals surface area contributed by atoms with Crippen molar-refractivity contribution in [2.24, 2.45) is 5.92 Å². The van der Waals surface area contributed by atoms with Crippen LogP contribution in [0.1, 0.15) is 39.2 Å². The molecule has 1 saturated heterocycles. The van der Waals surface area contributed by atoms with E-state index in [9.17, 15) is 19.7 Å². The van der Waals surface area contributed by atoms with Gasteiger partial charge in [0.15, 0.2) is 0 Å². The third-order valence-electron chi connectivity index (χ3n) is 4.91. The normalized spacial score (nSPS) is 15.1. The Balaban J connectivity index is 0.000000540. The number of piperidine rings is 1. The third-order valence-corrected chi connectivity index (χ3v) is 4.91. The molecule has 35 heavy (non-hydrogen) atoms. The number of benzene rings is 2. The van der Waals surface area contributed by atoms with Gasteiger partial charge in [0.25, 0.3) is 12.2 Å². The van der Waals surface area contributed by atoms with Crippen LogP contribution in [-0.2, 0) is 9.53 Å². The van der Waals surface area contributed by atoms with E-state index in [0.717, 1.165) is 31.5 Å². The van der Waals surface area contributed by atoms with Crippen LogP contribution in [-0.4, -0.2) is 42.8 Å². The summed E-state index contributed by atoms with van der Waals surface area (Å²) in [7, 11) is 0. The van der Waals surface area contributed by atoms with Crippen LogP contribution in [0.15, 0.2) is 42.5 Å². The highest BCUT2D eigenvalue weighted by Crippen LogP contribution is 2.27. The lowest BCUT2D eigenvalue weighted by Gasteiger charge is -2.23. The van der Waals surface area contributed by atoms with E-state index in [4.69, 9.17) is 9.47 Å². The van der Waals surface area contributed by atoms with Crippen LogP contribution < -0.4 is 20.1 Å². The molecule has 1 atom stereocenters. The maximum atomic E-state index is 12.2. The van der Waals surface area contributed by atoms with Crippen molar-refractivity contribution < 1.29 is 28.7 Å². The first kappa shape index (κ1) is 27.6. The lowest BCUT2D eigenvalue weighted by Crippen LogP contribution is -2.33. The van der Waals surface area contributed by atoms with Gasteiger partial charge in [-0.3, -0.25) is 20.2 Å². The monoisotopic (exact) mass is 487 g/mol. The van der Waals surface area contributed by atoms with Gasteiger partial charge in [-0.15, -0.1) is 0 Å². The molecule has 2 aromatic carbocycles. The number of hydrogen-bond acceptors (Lipinski definition) is 8. The summed E-state index contributed by atoms with van der Waals surface area (Å²) in [5.74, 6) is 1.23. The molecule has 0 spiro atoms. The molecule has 1 heterocycles. The summed E-state index contributed by atoms with van der Waals surface area (Å²) in [5.41, 5.74) is 1.11. The average Bonchev–Trinajstić information content (AvgIpc) is 2.79. The first-order valence-corrected chi connectivity index (χ1v) is 11.4.